The lowest BCUT2D eigenvalue weighted by molar-refractivity contribution is -0.162. The Kier molecular flexibility index (Phi) is 4.35. The number of allylic oxidation sites excluding steroid dienone is 2. The predicted molar refractivity (Wildman–Crippen MR) is 64.9 cm³/mol. The first kappa shape index (κ1) is 13.8. The highest BCUT2D eigenvalue weighted by molar-refractivity contribution is 9.11. The molecule has 1 fully saturated rings. The molecule has 0 radical (unpaired) electrons. The van der Waals surface area contributed by atoms with E-state index in [2.05, 4.69) is 26.6 Å². The van der Waals surface area contributed by atoms with Gasteiger partial charge in [0.05, 0.1) is 7.11 Å². The molecule has 5 heteroatoms. The van der Waals surface area contributed by atoms with Crippen molar-refractivity contribution >= 4 is 27.9 Å². The molecule has 0 aromatic rings. The zero-order chi connectivity index (χ0) is 13.1. The topological polar surface area (TPSA) is 52.6 Å². The summed E-state index contributed by atoms with van der Waals surface area (Å²) < 4.78 is 10.5. The van der Waals surface area contributed by atoms with Crippen LogP contribution in [0.4, 0.5) is 0 Å². The molecule has 1 aliphatic rings. The lowest BCUT2D eigenvalue weighted by atomic mass is 9.82. The van der Waals surface area contributed by atoms with Crippen LogP contribution in [0.25, 0.3) is 0 Å². The largest absolute Gasteiger partial charge is 0.468 e. The second-order valence-corrected chi connectivity index (χ2v) is 4.66. The Bertz CT molecular complexity index is 419. The summed E-state index contributed by atoms with van der Waals surface area (Å²) in [5, 5.41) is 0. The summed E-state index contributed by atoms with van der Waals surface area (Å²) >= 11 is 3.30. The molecule has 0 bridgehead atoms. The van der Waals surface area contributed by atoms with Crippen molar-refractivity contribution in [1.29, 1.82) is 0 Å². The first-order valence-corrected chi connectivity index (χ1v) is 5.92. The zero-order valence-electron chi connectivity index (χ0n) is 9.71. The Morgan fingerprint density at radius 3 is 2.82 bits per heavy atom. The van der Waals surface area contributed by atoms with Crippen LogP contribution in [0.3, 0.4) is 0 Å². The Balaban J connectivity index is 3.15. The van der Waals surface area contributed by atoms with E-state index >= 15 is 0 Å². The molecule has 1 unspecified atom stereocenters. The molecule has 92 valence electrons. The first-order valence-electron chi connectivity index (χ1n) is 5.13. The van der Waals surface area contributed by atoms with Gasteiger partial charge in [-0.3, -0.25) is 9.59 Å². The molecule has 0 N–H and O–H groups in total. The molecule has 0 aromatic carbocycles. The van der Waals surface area contributed by atoms with Gasteiger partial charge in [-0.25, -0.2) is 0 Å². The van der Waals surface area contributed by atoms with Gasteiger partial charge in [0.1, 0.15) is 5.76 Å². The van der Waals surface area contributed by atoms with Crippen LogP contribution in [0.2, 0.25) is 0 Å². The first-order chi connectivity index (χ1) is 8.01. The maximum atomic E-state index is 11.8. The maximum Gasteiger partial charge on any atom is 0.330 e. The molecule has 0 aromatic heterocycles. The van der Waals surface area contributed by atoms with Gasteiger partial charge in [0.25, 0.3) is 0 Å². The average Bonchev–Trinajstić information content (AvgIpc) is 2.66. The van der Waals surface area contributed by atoms with Crippen LogP contribution in [0.5, 0.6) is 0 Å². The van der Waals surface area contributed by atoms with Crippen molar-refractivity contribution in [3.63, 3.8) is 0 Å². The number of ether oxygens (including phenoxy) is 2. The van der Waals surface area contributed by atoms with E-state index < -0.39 is 17.4 Å². The molecular formula is C12H13BrO4. The van der Waals surface area contributed by atoms with Gasteiger partial charge in [0.2, 0.25) is 0 Å². The Labute approximate surface area is 108 Å². The molecule has 0 aliphatic carbocycles. The van der Waals surface area contributed by atoms with Crippen LogP contribution >= 0.6 is 15.9 Å². The summed E-state index contributed by atoms with van der Waals surface area (Å²) in [6.45, 7) is 1.91. The summed E-state index contributed by atoms with van der Waals surface area (Å²) in [5.41, 5.74) is -1.38. The van der Waals surface area contributed by atoms with Gasteiger partial charge in [-0.2, -0.15) is 0 Å². The molecule has 4 nitrogen and oxygen atoms in total. The summed E-state index contributed by atoms with van der Waals surface area (Å²) in [6.07, 6.45) is 6.01. The highest BCUT2D eigenvalue weighted by Gasteiger charge is 2.54. The molecular weight excluding hydrogens is 288 g/mol. The molecule has 1 rings (SSSR count). The van der Waals surface area contributed by atoms with E-state index in [1.54, 1.807) is 0 Å². The van der Waals surface area contributed by atoms with Crippen LogP contribution in [-0.2, 0) is 19.1 Å². The lowest BCUT2D eigenvalue weighted by Crippen LogP contribution is -2.36. The number of carbonyl (C=O) groups is 2. The van der Waals surface area contributed by atoms with Crippen LogP contribution in [0.1, 0.15) is 26.2 Å². The third kappa shape index (κ3) is 2.37. The third-order valence-corrected chi connectivity index (χ3v) is 3.66. The van der Waals surface area contributed by atoms with Gasteiger partial charge in [-0.15, -0.1) is 12.3 Å². The maximum absolute atomic E-state index is 11.8. The Morgan fingerprint density at radius 1 is 1.71 bits per heavy atom. The van der Waals surface area contributed by atoms with Crippen molar-refractivity contribution < 1.29 is 19.1 Å². The predicted octanol–water partition coefficient (Wildman–Crippen LogP) is 2.13. The average molecular weight is 301 g/mol. The number of halogens is 1. The summed E-state index contributed by atoms with van der Waals surface area (Å²) in [4.78, 5) is 23.6. The molecule has 17 heavy (non-hydrogen) atoms. The minimum absolute atomic E-state index is 0.0218. The standard InChI is InChI=1S/C12H13BrO4/c1-4-6-12(10(14)16-3)7-9(8(13)5-2)17-11(12)15/h1H,5-7H2,2-3H3/b9-8+. The molecule has 1 aliphatic heterocycles. The van der Waals surface area contributed by atoms with E-state index in [4.69, 9.17) is 11.2 Å². The van der Waals surface area contributed by atoms with Gasteiger partial charge in [0, 0.05) is 17.3 Å². The number of terminal acetylenes is 1. The van der Waals surface area contributed by atoms with Gasteiger partial charge in [-0.05, 0) is 6.42 Å². The van der Waals surface area contributed by atoms with E-state index in [0.29, 0.717) is 12.2 Å². The van der Waals surface area contributed by atoms with E-state index in [9.17, 15) is 9.59 Å². The van der Waals surface area contributed by atoms with Gasteiger partial charge >= 0.3 is 11.9 Å². The Hall–Kier alpha value is -1.28. The number of esters is 2. The van der Waals surface area contributed by atoms with E-state index in [-0.39, 0.29) is 12.8 Å². The van der Waals surface area contributed by atoms with Gasteiger partial charge in [-0.1, -0.05) is 22.9 Å². The van der Waals surface area contributed by atoms with E-state index in [1.165, 1.54) is 7.11 Å². The number of methoxy groups -OCH3 is 1. The van der Waals surface area contributed by atoms with Crippen LogP contribution in [0.15, 0.2) is 10.2 Å². The van der Waals surface area contributed by atoms with Gasteiger partial charge in [0.15, 0.2) is 5.41 Å². The van der Waals surface area contributed by atoms with Gasteiger partial charge < -0.3 is 9.47 Å². The smallest absolute Gasteiger partial charge is 0.330 e. The molecule has 1 saturated heterocycles. The number of hydrogen-bond donors (Lipinski definition) is 0. The third-order valence-electron chi connectivity index (χ3n) is 2.66. The van der Waals surface area contributed by atoms with Crippen LogP contribution < -0.4 is 0 Å². The van der Waals surface area contributed by atoms with Crippen molar-refractivity contribution in [2.24, 2.45) is 5.41 Å². The molecule has 1 heterocycles. The second-order valence-electron chi connectivity index (χ2n) is 3.70. The highest BCUT2D eigenvalue weighted by atomic mass is 79.9. The molecule has 1 atom stereocenters. The quantitative estimate of drug-likeness (QED) is 0.455. The van der Waals surface area contributed by atoms with Crippen molar-refractivity contribution in [3.8, 4) is 12.3 Å². The summed E-state index contributed by atoms with van der Waals surface area (Å²) in [6, 6.07) is 0. The zero-order valence-corrected chi connectivity index (χ0v) is 11.3. The molecule has 0 amide bonds. The second kappa shape index (κ2) is 5.37. The van der Waals surface area contributed by atoms with E-state index in [0.717, 1.165) is 4.48 Å². The number of carbonyl (C=O) groups excluding carboxylic acids is 2. The number of rotatable bonds is 3. The SMILES string of the molecule is C#CCC1(C(=O)OC)C/C(=C(\Br)CC)OC1=O. The molecule has 0 saturated carbocycles. The monoisotopic (exact) mass is 300 g/mol. The minimum Gasteiger partial charge on any atom is -0.468 e. The summed E-state index contributed by atoms with van der Waals surface area (Å²) in [7, 11) is 1.23. The summed E-state index contributed by atoms with van der Waals surface area (Å²) in [5.74, 6) is 1.51. The van der Waals surface area contributed by atoms with Crippen molar-refractivity contribution in [3.05, 3.63) is 10.2 Å². The van der Waals surface area contributed by atoms with Crippen LogP contribution in [-0.4, -0.2) is 19.0 Å². The lowest BCUT2D eigenvalue weighted by Gasteiger charge is -2.17. The number of hydrogen-bond acceptors (Lipinski definition) is 4. The number of cyclic esters (lactones) is 1. The molecule has 0 spiro atoms. The van der Waals surface area contributed by atoms with Crippen LogP contribution in [0, 0.1) is 17.8 Å². The minimum atomic E-state index is -1.38. The fourth-order valence-electron chi connectivity index (χ4n) is 1.67. The normalized spacial score (nSPS) is 26.1. The van der Waals surface area contributed by atoms with Crippen molar-refractivity contribution in [2.45, 2.75) is 26.2 Å². The Morgan fingerprint density at radius 2 is 2.35 bits per heavy atom. The van der Waals surface area contributed by atoms with E-state index in [1.807, 2.05) is 6.92 Å². The van der Waals surface area contributed by atoms with Crippen molar-refractivity contribution in [2.75, 3.05) is 7.11 Å². The fourth-order valence-corrected chi connectivity index (χ4v) is 1.89. The highest BCUT2D eigenvalue weighted by Crippen LogP contribution is 2.42. The fraction of sp³-hybridized carbons (Fsp3) is 0.500. The van der Waals surface area contributed by atoms with Crippen molar-refractivity contribution in [1.82, 2.24) is 0 Å².